The first-order chi connectivity index (χ1) is 18.2. The predicted octanol–water partition coefficient (Wildman–Crippen LogP) is 5.36. The van der Waals surface area contributed by atoms with Gasteiger partial charge in [-0.1, -0.05) is 30.3 Å². The van der Waals surface area contributed by atoms with Crippen LogP contribution in [-0.2, 0) is 18.3 Å². The zero-order valence-electron chi connectivity index (χ0n) is 22.2. The topological polar surface area (TPSA) is 102 Å². The van der Waals surface area contributed by atoms with Gasteiger partial charge in [0.15, 0.2) is 0 Å². The van der Waals surface area contributed by atoms with Crippen LogP contribution in [0.5, 0.6) is 0 Å². The smallest absolute Gasteiger partial charge is 0.258 e. The van der Waals surface area contributed by atoms with Crippen molar-refractivity contribution in [2.24, 2.45) is 7.05 Å². The van der Waals surface area contributed by atoms with Crippen LogP contribution in [0.3, 0.4) is 0 Å². The van der Waals surface area contributed by atoms with Gasteiger partial charge in [-0.3, -0.25) is 24.2 Å². The van der Waals surface area contributed by atoms with Crippen LogP contribution in [0.25, 0.3) is 16.8 Å². The number of hydrogen-bond acceptors (Lipinski definition) is 5. The number of para-hydroxylation sites is 1. The highest BCUT2D eigenvalue weighted by atomic mass is 16.3. The third kappa shape index (κ3) is 7.49. The molecule has 0 atom stereocenters. The van der Waals surface area contributed by atoms with E-state index in [1.165, 1.54) is 0 Å². The minimum atomic E-state index is -0.745. The zero-order chi connectivity index (χ0) is 27.1. The molecular formula is C30H35N5O3. The molecule has 0 aliphatic rings. The highest BCUT2D eigenvalue weighted by Gasteiger charge is 2.16. The molecule has 38 heavy (non-hydrogen) atoms. The summed E-state index contributed by atoms with van der Waals surface area (Å²) in [6, 6.07) is 17.1. The normalized spacial score (nSPS) is 11.5. The zero-order valence-corrected chi connectivity index (χ0v) is 22.2. The Morgan fingerprint density at radius 2 is 1.74 bits per heavy atom. The number of aliphatic hydroxyl groups is 1. The molecule has 0 unspecified atom stereocenters. The number of imidazole rings is 1. The molecule has 2 aromatic carbocycles. The first-order valence-electron chi connectivity index (χ1n) is 13.0. The quantitative estimate of drug-likeness (QED) is 0.266. The van der Waals surface area contributed by atoms with E-state index in [2.05, 4.69) is 10.4 Å². The first-order valence-corrected chi connectivity index (χ1v) is 13.0. The molecule has 4 aromatic rings. The Bertz CT molecular complexity index is 1380. The summed E-state index contributed by atoms with van der Waals surface area (Å²) >= 11 is 0. The molecule has 2 N–H and O–H groups in total. The Kier molecular flexibility index (Phi) is 8.53. The summed E-state index contributed by atoms with van der Waals surface area (Å²) < 4.78 is 3.59. The van der Waals surface area contributed by atoms with E-state index in [1.54, 1.807) is 30.8 Å². The summed E-state index contributed by atoms with van der Waals surface area (Å²) in [7, 11) is 1.86. The Hall–Kier alpha value is -4.04. The van der Waals surface area contributed by atoms with Gasteiger partial charge in [0.2, 0.25) is 5.95 Å². The van der Waals surface area contributed by atoms with Crippen molar-refractivity contribution in [1.82, 2.24) is 19.3 Å². The number of hydrogen-bond donors (Lipinski definition) is 2. The number of ketones is 1. The van der Waals surface area contributed by atoms with Gasteiger partial charge in [-0.25, -0.2) is 4.98 Å². The number of amides is 1. The van der Waals surface area contributed by atoms with Gasteiger partial charge in [-0.15, -0.1) is 0 Å². The lowest BCUT2D eigenvalue weighted by Gasteiger charge is -2.15. The number of benzene rings is 2. The highest BCUT2D eigenvalue weighted by Crippen LogP contribution is 2.22. The van der Waals surface area contributed by atoms with Gasteiger partial charge in [0, 0.05) is 49.1 Å². The molecule has 4 rings (SSSR count). The molecule has 2 aromatic heterocycles. The fraction of sp³-hybridized carbons (Fsp3) is 0.333. The van der Waals surface area contributed by atoms with Gasteiger partial charge in [0.05, 0.1) is 17.5 Å². The molecule has 0 fully saturated rings. The molecule has 8 heteroatoms. The number of aryl methyl sites for hydroxylation is 2. The van der Waals surface area contributed by atoms with E-state index in [0.717, 1.165) is 22.5 Å². The van der Waals surface area contributed by atoms with Crippen molar-refractivity contribution in [3.8, 4) is 16.8 Å². The van der Waals surface area contributed by atoms with Gasteiger partial charge in [-0.05, 0) is 69.4 Å². The van der Waals surface area contributed by atoms with E-state index >= 15 is 0 Å². The molecule has 1 amide bonds. The maximum Gasteiger partial charge on any atom is 0.258 e. The lowest BCUT2D eigenvalue weighted by Crippen LogP contribution is -2.18. The third-order valence-corrected chi connectivity index (χ3v) is 6.31. The van der Waals surface area contributed by atoms with Gasteiger partial charge in [0.1, 0.15) is 5.78 Å². The highest BCUT2D eigenvalue weighted by molar-refractivity contribution is 6.04. The molecule has 198 valence electrons. The minimum absolute atomic E-state index is 0.193. The maximum absolute atomic E-state index is 13.2. The van der Waals surface area contributed by atoms with Crippen LogP contribution in [0.1, 0.15) is 62.0 Å². The van der Waals surface area contributed by atoms with E-state index < -0.39 is 5.60 Å². The standard InChI is InChI=1S/C30H35N5O3/c1-30(2,38)17-9-16-27(36)15-8-12-25-21-35(26-13-5-4-6-14-26)29(32-25)33-28(37)23-11-7-10-22(18-23)24-19-31-34(3)20-24/h4-7,10-11,13-14,18-21,38H,8-9,12,15-17H2,1-3H3,(H,32,33,37). The number of carbonyl (C=O) groups excluding carboxylic acids is 2. The van der Waals surface area contributed by atoms with Crippen molar-refractivity contribution in [3.05, 3.63) is 84.4 Å². The Morgan fingerprint density at radius 1 is 0.974 bits per heavy atom. The van der Waals surface area contributed by atoms with Crippen molar-refractivity contribution in [3.63, 3.8) is 0 Å². The van der Waals surface area contributed by atoms with Gasteiger partial charge in [-0.2, -0.15) is 5.10 Å². The fourth-order valence-corrected chi connectivity index (χ4v) is 4.32. The average Bonchev–Trinajstić information content (AvgIpc) is 3.50. The number of rotatable bonds is 12. The Labute approximate surface area is 223 Å². The van der Waals surface area contributed by atoms with Crippen molar-refractivity contribution in [1.29, 1.82) is 0 Å². The summed E-state index contributed by atoms with van der Waals surface area (Å²) in [5.74, 6) is 0.366. The summed E-state index contributed by atoms with van der Waals surface area (Å²) in [5, 5.41) is 17.0. The van der Waals surface area contributed by atoms with Gasteiger partial charge < -0.3 is 5.11 Å². The molecule has 0 saturated carbocycles. The fourth-order valence-electron chi connectivity index (χ4n) is 4.32. The number of Topliss-reactive ketones (excluding diaryl/α,β-unsaturated/α-hetero) is 1. The van der Waals surface area contributed by atoms with Crippen LogP contribution >= 0.6 is 0 Å². The SMILES string of the molecule is Cn1cc(-c2cccc(C(=O)Nc3nc(CCCC(=O)CCCC(C)(C)O)cn3-c3ccccc3)c2)cn1. The molecule has 0 radical (unpaired) electrons. The molecule has 2 heterocycles. The number of carbonyl (C=O) groups is 2. The van der Waals surface area contributed by atoms with Crippen molar-refractivity contribution >= 4 is 17.6 Å². The molecule has 0 spiro atoms. The molecule has 0 bridgehead atoms. The summed E-state index contributed by atoms with van der Waals surface area (Å²) in [6.07, 6.45) is 9.11. The van der Waals surface area contributed by atoms with Gasteiger partial charge in [0.25, 0.3) is 5.91 Å². The van der Waals surface area contributed by atoms with Crippen LogP contribution in [0.15, 0.2) is 73.2 Å². The van der Waals surface area contributed by atoms with Gasteiger partial charge >= 0.3 is 0 Å². The number of nitrogens with zero attached hydrogens (tertiary/aromatic N) is 4. The number of nitrogens with one attached hydrogen (secondary N) is 1. The predicted molar refractivity (Wildman–Crippen MR) is 148 cm³/mol. The molecule has 0 aliphatic carbocycles. The third-order valence-electron chi connectivity index (χ3n) is 6.31. The van der Waals surface area contributed by atoms with E-state index in [9.17, 15) is 14.7 Å². The Balaban J connectivity index is 1.45. The van der Waals surface area contributed by atoms with Crippen LogP contribution in [0, 0.1) is 0 Å². The Morgan fingerprint density at radius 3 is 2.45 bits per heavy atom. The average molecular weight is 514 g/mol. The van der Waals surface area contributed by atoms with E-state index in [1.807, 2.05) is 72.5 Å². The minimum Gasteiger partial charge on any atom is -0.390 e. The van der Waals surface area contributed by atoms with Crippen molar-refractivity contribution in [2.75, 3.05) is 5.32 Å². The number of anilines is 1. The lowest BCUT2D eigenvalue weighted by molar-refractivity contribution is -0.119. The van der Waals surface area contributed by atoms with Crippen LogP contribution in [0.4, 0.5) is 5.95 Å². The maximum atomic E-state index is 13.2. The second kappa shape index (κ2) is 12.0. The monoisotopic (exact) mass is 513 g/mol. The van der Waals surface area contributed by atoms with E-state index in [4.69, 9.17) is 4.98 Å². The first kappa shape index (κ1) is 27.0. The van der Waals surface area contributed by atoms with Crippen molar-refractivity contribution in [2.45, 2.75) is 58.0 Å². The van der Waals surface area contributed by atoms with Crippen LogP contribution in [-0.4, -0.2) is 41.7 Å². The lowest BCUT2D eigenvalue weighted by atomic mass is 9.99. The second-order valence-electron chi connectivity index (χ2n) is 10.3. The molecule has 8 nitrogen and oxygen atoms in total. The van der Waals surface area contributed by atoms with Crippen LogP contribution < -0.4 is 5.32 Å². The summed E-state index contributed by atoms with van der Waals surface area (Å²) in [5.41, 5.74) is 3.30. The number of aromatic nitrogens is 4. The van der Waals surface area contributed by atoms with E-state index in [0.29, 0.717) is 50.0 Å². The van der Waals surface area contributed by atoms with Crippen LogP contribution in [0.2, 0.25) is 0 Å². The molecule has 0 aliphatic heterocycles. The molecular weight excluding hydrogens is 478 g/mol. The largest absolute Gasteiger partial charge is 0.390 e. The second-order valence-corrected chi connectivity index (χ2v) is 10.3. The summed E-state index contributed by atoms with van der Waals surface area (Å²) in [6.45, 7) is 3.52. The summed E-state index contributed by atoms with van der Waals surface area (Å²) in [4.78, 5) is 30.2. The molecule has 0 saturated heterocycles. The van der Waals surface area contributed by atoms with Crippen molar-refractivity contribution < 1.29 is 14.7 Å². The van der Waals surface area contributed by atoms with E-state index in [-0.39, 0.29) is 11.7 Å².